The number of carbonyl (C=O) groups is 1. The highest BCUT2D eigenvalue weighted by atomic mass is 16.2. The number of H-pyrrole nitrogens is 1. The second-order valence-corrected chi connectivity index (χ2v) is 4.89. The van der Waals surface area contributed by atoms with Crippen LogP contribution in [0, 0.1) is 24.2 Å². The number of hydrogen-bond donors (Lipinski definition) is 2. The summed E-state index contributed by atoms with van der Waals surface area (Å²) < 4.78 is 0. The van der Waals surface area contributed by atoms with Gasteiger partial charge in [-0.15, -0.1) is 0 Å². The summed E-state index contributed by atoms with van der Waals surface area (Å²) in [6.45, 7) is 2.31. The van der Waals surface area contributed by atoms with E-state index in [2.05, 4.69) is 16.4 Å². The molecule has 0 aromatic carbocycles. The monoisotopic (exact) mass is 260 g/mol. The molecule has 0 bridgehead atoms. The van der Waals surface area contributed by atoms with Gasteiger partial charge in [0.05, 0.1) is 18.0 Å². The van der Waals surface area contributed by atoms with Crippen LogP contribution in [0.3, 0.4) is 0 Å². The molecular weight excluding hydrogens is 244 g/mol. The Bertz CT molecular complexity index is 587. The minimum absolute atomic E-state index is 0.209. The Balaban J connectivity index is 2.06. The van der Waals surface area contributed by atoms with Crippen molar-refractivity contribution < 1.29 is 4.79 Å². The van der Waals surface area contributed by atoms with Crippen molar-refractivity contribution in [2.45, 2.75) is 19.4 Å². The minimum Gasteiger partial charge on any atom is -0.325 e. The van der Waals surface area contributed by atoms with Crippen molar-refractivity contribution in [3.8, 4) is 6.07 Å². The largest absolute Gasteiger partial charge is 0.325 e. The summed E-state index contributed by atoms with van der Waals surface area (Å²) in [5, 5.41) is 11.5. The molecule has 0 radical (unpaired) electrons. The number of carbonyl (C=O) groups excluding carboxylic acids is 1. The standard InChI is InChI=1S/C13H16N4O2/c1-8-3-4-11(13(19)15-8)16-12(18)9-5-10(6-14)17(2)7-9/h3-4,9-10H,5,7H2,1-2H3,(H,15,19)(H,16,18). The zero-order valence-corrected chi connectivity index (χ0v) is 10.9. The number of hydrogen-bond acceptors (Lipinski definition) is 4. The Hall–Kier alpha value is -2.13. The predicted molar refractivity (Wildman–Crippen MR) is 70.6 cm³/mol. The van der Waals surface area contributed by atoms with E-state index in [4.69, 9.17) is 5.26 Å². The number of aromatic nitrogens is 1. The van der Waals surface area contributed by atoms with Gasteiger partial charge < -0.3 is 10.3 Å². The molecule has 6 heteroatoms. The molecule has 2 atom stereocenters. The molecule has 1 saturated heterocycles. The molecule has 2 unspecified atom stereocenters. The molecule has 2 heterocycles. The third kappa shape index (κ3) is 2.83. The van der Waals surface area contributed by atoms with Gasteiger partial charge in [-0.2, -0.15) is 5.26 Å². The van der Waals surface area contributed by atoms with Crippen LogP contribution >= 0.6 is 0 Å². The van der Waals surface area contributed by atoms with Crippen molar-refractivity contribution >= 4 is 11.6 Å². The maximum absolute atomic E-state index is 12.1. The van der Waals surface area contributed by atoms with Crippen LogP contribution in [-0.4, -0.2) is 35.4 Å². The lowest BCUT2D eigenvalue weighted by atomic mass is 10.1. The van der Waals surface area contributed by atoms with Crippen molar-refractivity contribution in [1.82, 2.24) is 9.88 Å². The smallest absolute Gasteiger partial charge is 0.271 e. The Kier molecular flexibility index (Phi) is 3.67. The van der Waals surface area contributed by atoms with Gasteiger partial charge >= 0.3 is 0 Å². The van der Waals surface area contributed by atoms with Crippen molar-refractivity contribution in [2.75, 3.05) is 18.9 Å². The number of nitrogens with one attached hydrogen (secondary N) is 2. The first-order valence-corrected chi connectivity index (χ1v) is 6.12. The number of nitriles is 1. The second kappa shape index (κ2) is 5.24. The highest BCUT2D eigenvalue weighted by molar-refractivity contribution is 5.92. The molecule has 1 aliphatic heterocycles. The number of likely N-dealkylation sites (tertiary alicyclic amines) is 1. The molecule has 1 aromatic rings. The van der Waals surface area contributed by atoms with E-state index in [-0.39, 0.29) is 29.1 Å². The summed E-state index contributed by atoms with van der Waals surface area (Å²) in [6, 6.07) is 5.25. The van der Waals surface area contributed by atoms with E-state index in [0.717, 1.165) is 5.69 Å². The van der Waals surface area contributed by atoms with E-state index < -0.39 is 0 Å². The fraction of sp³-hybridized carbons (Fsp3) is 0.462. The normalized spacial score (nSPS) is 23.0. The average molecular weight is 260 g/mol. The van der Waals surface area contributed by atoms with Crippen LogP contribution in [0.1, 0.15) is 12.1 Å². The van der Waals surface area contributed by atoms with Crippen LogP contribution < -0.4 is 10.9 Å². The summed E-state index contributed by atoms with van der Waals surface area (Å²) in [4.78, 5) is 28.2. The number of nitrogens with zero attached hydrogens (tertiary/aromatic N) is 2. The quantitative estimate of drug-likeness (QED) is 0.808. The van der Waals surface area contributed by atoms with E-state index in [0.29, 0.717) is 13.0 Å². The van der Waals surface area contributed by atoms with Gasteiger partial charge in [-0.3, -0.25) is 14.5 Å². The average Bonchev–Trinajstić information content (AvgIpc) is 2.74. The fourth-order valence-corrected chi connectivity index (χ4v) is 2.25. The Morgan fingerprint density at radius 1 is 1.58 bits per heavy atom. The molecule has 1 aliphatic rings. The molecule has 6 nitrogen and oxygen atoms in total. The van der Waals surface area contributed by atoms with Gasteiger partial charge in [-0.25, -0.2) is 0 Å². The highest BCUT2D eigenvalue weighted by Crippen LogP contribution is 2.22. The number of rotatable bonds is 2. The maximum atomic E-state index is 12.1. The SMILES string of the molecule is Cc1ccc(NC(=O)C2CC(C#N)N(C)C2)c(=O)[nH]1. The summed E-state index contributed by atoms with van der Waals surface area (Å²) in [5.74, 6) is -0.464. The van der Waals surface area contributed by atoms with E-state index in [9.17, 15) is 9.59 Å². The van der Waals surface area contributed by atoms with Crippen LogP contribution in [0.5, 0.6) is 0 Å². The van der Waals surface area contributed by atoms with Crippen molar-refractivity contribution in [3.05, 3.63) is 28.2 Å². The molecule has 0 aliphatic carbocycles. The van der Waals surface area contributed by atoms with Crippen molar-refractivity contribution in [3.63, 3.8) is 0 Å². The number of anilines is 1. The van der Waals surface area contributed by atoms with E-state index in [1.54, 1.807) is 19.1 Å². The summed E-state index contributed by atoms with van der Waals surface area (Å²) in [7, 11) is 1.82. The van der Waals surface area contributed by atoms with Crippen LogP contribution in [0.25, 0.3) is 0 Å². The topological polar surface area (TPSA) is 89.0 Å². The van der Waals surface area contributed by atoms with Gasteiger partial charge in [-0.05, 0) is 32.5 Å². The molecule has 2 rings (SSSR count). The molecule has 1 fully saturated rings. The number of aryl methyl sites for hydroxylation is 1. The first-order valence-electron chi connectivity index (χ1n) is 6.12. The Morgan fingerprint density at radius 3 is 2.89 bits per heavy atom. The summed E-state index contributed by atoms with van der Waals surface area (Å²) in [5.41, 5.74) is 0.684. The van der Waals surface area contributed by atoms with Crippen LogP contribution in [0.4, 0.5) is 5.69 Å². The van der Waals surface area contributed by atoms with Crippen molar-refractivity contribution in [1.29, 1.82) is 5.26 Å². The first-order chi connectivity index (χ1) is 9.01. The predicted octanol–water partition coefficient (Wildman–Crippen LogP) is 0.466. The Labute approximate surface area is 111 Å². The van der Waals surface area contributed by atoms with Crippen molar-refractivity contribution in [2.24, 2.45) is 5.92 Å². The lowest BCUT2D eigenvalue weighted by Gasteiger charge is -2.11. The summed E-state index contributed by atoms with van der Waals surface area (Å²) >= 11 is 0. The number of pyridine rings is 1. The molecule has 2 N–H and O–H groups in total. The van der Waals surface area contributed by atoms with Gasteiger partial charge in [-0.1, -0.05) is 0 Å². The third-order valence-electron chi connectivity index (χ3n) is 3.38. The second-order valence-electron chi connectivity index (χ2n) is 4.89. The van der Waals surface area contributed by atoms with Gasteiger partial charge in [0, 0.05) is 12.2 Å². The molecule has 1 amide bonds. The van der Waals surface area contributed by atoms with Crippen LogP contribution in [0.2, 0.25) is 0 Å². The third-order valence-corrected chi connectivity index (χ3v) is 3.38. The number of amides is 1. The van der Waals surface area contributed by atoms with Gasteiger partial charge in [0.15, 0.2) is 0 Å². The first kappa shape index (κ1) is 13.3. The fourth-order valence-electron chi connectivity index (χ4n) is 2.25. The molecular formula is C13H16N4O2. The Morgan fingerprint density at radius 2 is 2.32 bits per heavy atom. The van der Waals surface area contributed by atoms with Gasteiger partial charge in [0.1, 0.15) is 5.69 Å². The maximum Gasteiger partial charge on any atom is 0.271 e. The highest BCUT2D eigenvalue weighted by Gasteiger charge is 2.34. The zero-order chi connectivity index (χ0) is 14.0. The van der Waals surface area contributed by atoms with Gasteiger partial charge in [0.2, 0.25) is 5.91 Å². The minimum atomic E-state index is -0.309. The zero-order valence-electron chi connectivity index (χ0n) is 10.9. The molecule has 0 saturated carbocycles. The molecule has 100 valence electrons. The lowest BCUT2D eigenvalue weighted by molar-refractivity contribution is -0.119. The van der Waals surface area contributed by atoms with Crippen LogP contribution in [-0.2, 0) is 4.79 Å². The lowest BCUT2D eigenvalue weighted by Crippen LogP contribution is -2.28. The van der Waals surface area contributed by atoms with E-state index in [1.807, 2.05) is 11.9 Å². The van der Waals surface area contributed by atoms with E-state index in [1.165, 1.54) is 0 Å². The van der Waals surface area contributed by atoms with Crippen LogP contribution in [0.15, 0.2) is 16.9 Å². The molecule has 19 heavy (non-hydrogen) atoms. The summed E-state index contributed by atoms with van der Waals surface area (Å²) in [6.07, 6.45) is 0.503. The van der Waals surface area contributed by atoms with E-state index >= 15 is 0 Å². The molecule has 1 aromatic heterocycles. The number of aromatic amines is 1. The molecule has 0 spiro atoms. The van der Waals surface area contributed by atoms with Gasteiger partial charge in [0.25, 0.3) is 5.56 Å².